The normalized spacial score (nSPS) is 12.0. The summed E-state index contributed by atoms with van der Waals surface area (Å²) in [6.45, 7) is 1.65. The van der Waals surface area contributed by atoms with Gasteiger partial charge in [-0.05, 0) is 46.6 Å². The number of benzene rings is 2. The van der Waals surface area contributed by atoms with Crippen molar-refractivity contribution in [3.8, 4) is 11.5 Å². The van der Waals surface area contributed by atoms with Crippen LogP contribution in [0, 0.1) is 10.1 Å². The predicted molar refractivity (Wildman–Crippen MR) is 83.0 cm³/mol. The fourth-order valence-corrected chi connectivity index (χ4v) is 2.30. The molecule has 0 radical (unpaired) electrons. The van der Waals surface area contributed by atoms with Crippen molar-refractivity contribution >= 4 is 33.2 Å². The quantitative estimate of drug-likeness (QED) is 0.614. The van der Waals surface area contributed by atoms with Gasteiger partial charge in [0.25, 0.3) is 5.69 Å². The van der Waals surface area contributed by atoms with Gasteiger partial charge in [-0.25, -0.2) is 0 Å². The van der Waals surface area contributed by atoms with E-state index in [1.165, 1.54) is 18.2 Å². The van der Waals surface area contributed by atoms with Crippen molar-refractivity contribution in [3.05, 3.63) is 61.6 Å². The average molecular weight is 373 g/mol. The van der Waals surface area contributed by atoms with Gasteiger partial charge in [0.1, 0.15) is 5.75 Å². The minimum absolute atomic E-state index is 0.105. The minimum Gasteiger partial charge on any atom is -0.454 e. The molecule has 21 heavy (non-hydrogen) atoms. The number of aliphatic hydroxyl groups excluding tert-OH is 1. The molecular weight excluding hydrogens is 362 g/mol. The Morgan fingerprint density at radius 3 is 2.57 bits per heavy atom. The largest absolute Gasteiger partial charge is 0.454 e. The van der Waals surface area contributed by atoms with Gasteiger partial charge in [-0.1, -0.05) is 17.7 Å². The third kappa shape index (κ3) is 3.72. The van der Waals surface area contributed by atoms with Crippen LogP contribution in [-0.4, -0.2) is 10.0 Å². The molecule has 0 heterocycles. The van der Waals surface area contributed by atoms with Crippen LogP contribution in [0.1, 0.15) is 18.6 Å². The summed E-state index contributed by atoms with van der Waals surface area (Å²) in [7, 11) is 0. The van der Waals surface area contributed by atoms with Gasteiger partial charge in [0, 0.05) is 6.07 Å². The highest BCUT2D eigenvalue weighted by atomic mass is 79.9. The van der Waals surface area contributed by atoms with Crippen molar-refractivity contribution in [2.45, 2.75) is 13.0 Å². The Bertz CT molecular complexity index is 691. The molecule has 0 saturated carbocycles. The van der Waals surface area contributed by atoms with Crippen molar-refractivity contribution in [2.75, 3.05) is 0 Å². The smallest absolute Gasteiger partial charge is 0.273 e. The maximum absolute atomic E-state index is 10.8. The second-order valence-electron chi connectivity index (χ2n) is 4.34. The van der Waals surface area contributed by atoms with Crippen LogP contribution in [-0.2, 0) is 0 Å². The molecule has 2 aromatic rings. The molecule has 0 aromatic heterocycles. The van der Waals surface area contributed by atoms with Gasteiger partial charge in [0.2, 0.25) is 0 Å². The highest BCUT2D eigenvalue weighted by Crippen LogP contribution is 2.36. The molecule has 1 N–H and O–H groups in total. The Morgan fingerprint density at radius 1 is 1.29 bits per heavy atom. The number of ether oxygens (including phenoxy) is 1. The molecule has 0 amide bonds. The second-order valence-corrected chi connectivity index (χ2v) is 5.60. The molecule has 0 aliphatic rings. The zero-order valence-electron chi connectivity index (χ0n) is 10.9. The molecule has 7 heteroatoms. The van der Waals surface area contributed by atoms with E-state index in [0.29, 0.717) is 10.2 Å². The van der Waals surface area contributed by atoms with E-state index >= 15 is 0 Å². The standard InChI is InChI=1S/C14H11BrClNO4/c1-8(18)9-2-5-13(11(15)6-9)21-14-7-10(17(19)20)3-4-12(14)16/h2-8,18H,1H3/t8-/m0/s1. The van der Waals surface area contributed by atoms with E-state index in [1.54, 1.807) is 25.1 Å². The molecule has 0 aliphatic heterocycles. The Morgan fingerprint density at radius 2 is 2.00 bits per heavy atom. The van der Waals surface area contributed by atoms with E-state index in [0.717, 1.165) is 5.56 Å². The van der Waals surface area contributed by atoms with Crippen molar-refractivity contribution in [2.24, 2.45) is 0 Å². The van der Waals surface area contributed by atoms with Crippen LogP contribution in [0.15, 0.2) is 40.9 Å². The van der Waals surface area contributed by atoms with Crippen LogP contribution in [0.2, 0.25) is 5.02 Å². The molecule has 2 aromatic carbocycles. The fourth-order valence-electron chi connectivity index (χ4n) is 1.66. The minimum atomic E-state index is -0.600. The monoisotopic (exact) mass is 371 g/mol. The predicted octanol–water partition coefficient (Wildman–Crippen LogP) is 4.86. The van der Waals surface area contributed by atoms with Crippen LogP contribution in [0.5, 0.6) is 11.5 Å². The van der Waals surface area contributed by atoms with Gasteiger partial charge in [0.05, 0.1) is 26.6 Å². The lowest BCUT2D eigenvalue weighted by molar-refractivity contribution is -0.384. The molecule has 2 rings (SSSR count). The summed E-state index contributed by atoms with van der Waals surface area (Å²) in [5.74, 6) is 0.637. The first kappa shape index (κ1) is 15.8. The van der Waals surface area contributed by atoms with E-state index in [4.69, 9.17) is 16.3 Å². The first-order valence-electron chi connectivity index (χ1n) is 5.98. The van der Waals surface area contributed by atoms with Gasteiger partial charge in [-0.15, -0.1) is 0 Å². The lowest BCUT2D eigenvalue weighted by Gasteiger charge is -2.11. The van der Waals surface area contributed by atoms with Gasteiger partial charge < -0.3 is 9.84 Å². The average Bonchev–Trinajstić information content (AvgIpc) is 2.42. The Kier molecular flexibility index (Phi) is 4.82. The van der Waals surface area contributed by atoms with Gasteiger partial charge in [0.15, 0.2) is 5.75 Å². The highest BCUT2D eigenvalue weighted by Gasteiger charge is 2.13. The molecule has 0 bridgehead atoms. The maximum atomic E-state index is 10.8. The summed E-state index contributed by atoms with van der Waals surface area (Å²) < 4.78 is 6.21. The number of hydrogen-bond donors (Lipinski definition) is 1. The summed E-state index contributed by atoms with van der Waals surface area (Å²) >= 11 is 9.31. The first-order valence-corrected chi connectivity index (χ1v) is 7.15. The molecule has 0 unspecified atom stereocenters. The van der Waals surface area contributed by atoms with E-state index < -0.39 is 11.0 Å². The van der Waals surface area contributed by atoms with E-state index in [1.807, 2.05) is 0 Å². The molecule has 1 atom stereocenters. The number of nitro benzene ring substituents is 1. The maximum Gasteiger partial charge on any atom is 0.273 e. The van der Waals surface area contributed by atoms with Crippen molar-refractivity contribution in [1.29, 1.82) is 0 Å². The van der Waals surface area contributed by atoms with E-state index in [2.05, 4.69) is 15.9 Å². The van der Waals surface area contributed by atoms with Gasteiger partial charge in [-0.3, -0.25) is 10.1 Å². The number of halogens is 2. The molecule has 0 spiro atoms. The lowest BCUT2D eigenvalue weighted by Crippen LogP contribution is -1.94. The highest BCUT2D eigenvalue weighted by molar-refractivity contribution is 9.10. The number of nitro groups is 1. The third-order valence-electron chi connectivity index (χ3n) is 2.78. The topological polar surface area (TPSA) is 72.6 Å². The lowest BCUT2D eigenvalue weighted by atomic mass is 10.1. The van der Waals surface area contributed by atoms with Gasteiger partial charge in [-0.2, -0.15) is 0 Å². The summed E-state index contributed by atoms with van der Waals surface area (Å²) in [4.78, 5) is 10.3. The zero-order chi connectivity index (χ0) is 15.6. The van der Waals surface area contributed by atoms with Crippen molar-refractivity contribution < 1.29 is 14.8 Å². The van der Waals surface area contributed by atoms with Crippen molar-refractivity contribution in [3.63, 3.8) is 0 Å². The van der Waals surface area contributed by atoms with Gasteiger partial charge >= 0.3 is 0 Å². The van der Waals surface area contributed by atoms with Crippen LogP contribution in [0.3, 0.4) is 0 Å². The number of non-ortho nitro benzene ring substituents is 1. The molecule has 0 fully saturated rings. The Balaban J connectivity index is 2.34. The summed E-state index contributed by atoms with van der Waals surface area (Å²) in [6.07, 6.45) is -0.600. The molecule has 0 aliphatic carbocycles. The number of rotatable bonds is 4. The summed E-state index contributed by atoms with van der Waals surface area (Å²) in [5, 5.41) is 20.6. The SMILES string of the molecule is C[C@H](O)c1ccc(Oc2cc([N+](=O)[O-])ccc2Cl)c(Br)c1. The number of nitrogens with zero attached hydrogens (tertiary/aromatic N) is 1. The van der Waals surface area contributed by atoms with Crippen LogP contribution in [0.25, 0.3) is 0 Å². The second kappa shape index (κ2) is 6.43. The fraction of sp³-hybridized carbons (Fsp3) is 0.143. The molecule has 5 nitrogen and oxygen atoms in total. The first-order chi connectivity index (χ1) is 9.88. The number of aliphatic hydroxyl groups is 1. The molecular formula is C14H11BrClNO4. The van der Waals surface area contributed by atoms with Crippen LogP contribution >= 0.6 is 27.5 Å². The zero-order valence-corrected chi connectivity index (χ0v) is 13.3. The summed E-state index contributed by atoms with van der Waals surface area (Å²) in [6, 6.07) is 9.05. The summed E-state index contributed by atoms with van der Waals surface area (Å²) in [5.41, 5.74) is 0.616. The van der Waals surface area contributed by atoms with Crippen molar-refractivity contribution in [1.82, 2.24) is 0 Å². The Labute approximate surface area is 134 Å². The van der Waals surface area contributed by atoms with Crippen LogP contribution < -0.4 is 4.74 Å². The molecule has 0 saturated heterocycles. The Hall–Kier alpha value is -1.63. The van der Waals surface area contributed by atoms with E-state index in [9.17, 15) is 15.2 Å². The number of hydrogen-bond acceptors (Lipinski definition) is 4. The third-order valence-corrected chi connectivity index (χ3v) is 3.72. The van der Waals surface area contributed by atoms with E-state index in [-0.39, 0.29) is 16.5 Å². The van der Waals surface area contributed by atoms with Crippen LogP contribution in [0.4, 0.5) is 5.69 Å². The molecule has 110 valence electrons.